The predicted octanol–water partition coefficient (Wildman–Crippen LogP) is 4.49. The molecule has 0 heterocycles. The number of carboxylic acids is 1. The van der Waals surface area contributed by atoms with E-state index >= 15 is 0 Å². The number of carbonyl (C=O) groups is 1. The Morgan fingerprint density at radius 2 is 1.55 bits per heavy atom. The maximum Gasteiger partial charge on any atom is 0.335 e. The van der Waals surface area contributed by atoms with Gasteiger partial charge in [-0.05, 0) is 36.4 Å². The van der Waals surface area contributed by atoms with Gasteiger partial charge in [-0.2, -0.15) is 0 Å². The molecule has 1 N–H and O–H groups in total. The fraction of sp³-hybridized carbons (Fsp3) is 0.0714. The molecule has 2 aromatic carbocycles. The van der Waals surface area contributed by atoms with Gasteiger partial charge in [0.1, 0.15) is 11.5 Å². The Bertz CT molecular complexity index is 615. The maximum atomic E-state index is 10.9. The average molecular weight is 313 g/mol. The summed E-state index contributed by atoms with van der Waals surface area (Å²) >= 11 is 12.0. The van der Waals surface area contributed by atoms with Crippen molar-refractivity contribution in [3.63, 3.8) is 0 Å². The van der Waals surface area contributed by atoms with E-state index < -0.39 is 5.97 Å². The topological polar surface area (TPSA) is 55.8 Å². The first-order valence-electron chi connectivity index (χ1n) is 5.55. The summed E-state index contributed by atoms with van der Waals surface area (Å²) in [6.07, 6.45) is 0. The molecule has 0 aromatic heterocycles. The van der Waals surface area contributed by atoms with Crippen molar-refractivity contribution in [1.29, 1.82) is 0 Å². The Morgan fingerprint density at radius 3 is 2.00 bits per heavy atom. The van der Waals surface area contributed by atoms with Gasteiger partial charge in [0.2, 0.25) is 0 Å². The van der Waals surface area contributed by atoms with Gasteiger partial charge in [0.25, 0.3) is 0 Å². The van der Waals surface area contributed by atoms with Crippen molar-refractivity contribution < 1.29 is 19.4 Å². The zero-order valence-corrected chi connectivity index (χ0v) is 11.9. The smallest absolute Gasteiger partial charge is 0.335 e. The second-order valence-electron chi connectivity index (χ2n) is 3.85. The summed E-state index contributed by atoms with van der Waals surface area (Å²) in [6.45, 7) is 0. The minimum Gasteiger partial charge on any atom is -0.497 e. The highest BCUT2D eigenvalue weighted by molar-refractivity contribution is 6.37. The van der Waals surface area contributed by atoms with Crippen molar-refractivity contribution >= 4 is 29.2 Å². The van der Waals surface area contributed by atoms with E-state index in [1.165, 1.54) is 12.1 Å². The van der Waals surface area contributed by atoms with Crippen LogP contribution in [0.2, 0.25) is 10.0 Å². The molecule has 0 bridgehead atoms. The largest absolute Gasteiger partial charge is 0.497 e. The Hall–Kier alpha value is -1.91. The number of halogens is 2. The molecule has 4 nitrogen and oxygen atoms in total. The van der Waals surface area contributed by atoms with Crippen LogP contribution in [-0.4, -0.2) is 18.2 Å². The van der Waals surface area contributed by atoms with E-state index in [4.69, 9.17) is 37.8 Å². The molecule has 0 aliphatic carbocycles. The van der Waals surface area contributed by atoms with Gasteiger partial charge < -0.3 is 14.6 Å². The van der Waals surface area contributed by atoms with Crippen LogP contribution in [0.3, 0.4) is 0 Å². The third-order valence-electron chi connectivity index (χ3n) is 2.52. The fourth-order valence-electron chi connectivity index (χ4n) is 1.54. The van der Waals surface area contributed by atoms with E-state index in [1.807, 2.05) is 0 Å². The van der Waals surface area contributed by atoms with Gasteiger partial charge in [-0.3, -0.25) is 0 Å². The number of hydrogen-bond acceptors (Lipinski definition) is 3. The van der Waals surface area contributed by atoms with Gasteiger partial charge >= 0.3 is 5.97 Å². The fourth-order valence-corrected chi connectivity index (χ4v) is 2.11. The summed E-state index contributed by atoms with van der Waals surface area (Å²) in [6, 6.07) is 9.40. The molecule has 0 fully saturated rings. The van der Waals surface area contributed by atoms with Gasteiger partial charge in [-0.25, -0.2) is 4.79 Å². The number of aromatic carboxylic acids is 1. The minimum absolute atomic E-state index is 0.00193. The first kappa shape index (κ1) is 14.5. The first-order chi connectivity index (χ1) is 9.51. The third kappa shape index (κ3) is 3.15. The molecule has 0 unspecified atom stereocenters. The van der Waals surface area contributed by atoms with Crippen LogP contribution in [-0.2, 0) is 0 Å². The van der Waals surface area contributed by atoms with Gasteiger partial charge in [-0.1, -0.05) is 23.2 Å². The minimum atomic E-state index is -1.11. The van der Waals surface area contributed by atoms with Gasteiger partial charge in [-0.15, -0.1) is 0 Å². The zero-order chi connectivity index (χ0) is 14.7. The highest BCUT2D eigenvalue weighted by Crippen LogP contribution is 2.37. The number of rotatable bonds is 4. The van der Waals surface area contributed by atoms with E-state index in [9.17, 15) is 4.79 Å². The van der Waals surface area contributed by atoms with Crippen molar-refractivity contribution in [3.8, 4) is 17.2 Å². The maximum absolute atomic E-state index is 10.9. The molecule has 104 valence electrons. The summed E-state index contributed by atoms with van der Waals surface area (Å²) < 4.78 is 10.6. The van der Waals surface area contributed by atoms with Crippen LogP contribution in [0.1, 0.15) is 10.4 Å². The predicted molar refractivity (Wildman–Crippen MR) is 76.5 cm³/mol. The summed E-state index contributed by atoms with van der Waals surface area (Å²) in [5, 5.41) is 9.16. The Labute approximate surface area is 125 Å². The summed E-state index contributed by atoms with van der Waals surface area (Å²) in [5.41, 5.74) is 0.00193. The lowest BCUT2D eigenvalue weighted by molar-refractivity contribution is 0.0697. The van der Waals surface area contributed by atoms with Gasteiger partial charge in [0, 0.05) is 0 Å². The van der Waals surface area contributed by atoms with Gasteiger partial charge in [0.15, 0.2) is 5.75 Å². The van der Waals surface area contributed by atoms with Gasteiger partial charge in [0.05, 0.1) is 22.7 Å². The molecule has 0 aliphatic rings. The van der Waals surface area contributed by atoms with Crippen LogP contribution >= 0.6 is 23.2 Å². The van der Waals surface area contributed by atoms with E-state index in [2.05, 4.69) is 0 Å². The van der Waals surface area contributed by atoms with E-state index in [0.29, 0.717) is 11.5 Å². The van der Waals surface area contributed by atoms with Crippen LogP contribution < -0.4 is 9.47 Å². The van der Waals surface area contributed by atoms with E-state index in [0.717, 1.165) is 0 Å². The van der Waals surface area contributed by atoms with Crippen LogP contribution in [0, 0.1) is 0 Å². The van der Waals surface area contributed by atoms with E-state index in [-0.39, 0.29) is 21.4 Å². The third-order valence-corrected chi connectivity index (χ3v) is 3.09. The van der Waals surface area contributed by atoms with Crippen molar-refractivity contribution in [1.82, 2.24) is 0 Å². The molecule has 0 amide bonds. The molecule has 0 radical (unpaired) electrons. The van der Waals surface area contributed by atoms with Crippen molar-refractivity contribution in [3.05, 3.63) is 52.0 Å². The molecular weight excluding hydrogens is 303 g/mol. The summed E-state index contributed by atoms with van der Waals surface area (Å²) in [5.74, 6) is 0.307. The quantitative estimate of drug-likeness (QED) is 0.903. The number of methoxy groups -OCH3 is 1. The number of carboxylic acid groups (broad SMARTS) is 1. The average Bonchev–Trinajstić information content (AvgIpc) is 2.43. The Kier molecular flexibility index (Phi) is 4.37. The second kappa shape index (κ2) is 6.03. The standard InChI is InChI=1S/C14H10Cl2O4/c1-19-9-2-4-10(5-3-9)20-13-11(15)6-8(14(17)18)7-12(13)16/h2-7H,1H3,(H,17,18). The molecular formula is C14H10Cl2O4. The molecule has 0 saturated carbocycles. The summed E-state index contributed by atoms with van der Waals surface area (Å²) in [7, 11) is 1.56. The Balaban J connectivity index is 2.30. The molecule has 0 atom stereocenters. The molecule has 0 aliphatic heterocycles. The molecule has 0 saturated heterocycles. The van der Waals surface area contributed by atoms with Crippen LogP contribution in [0.15, 0.2) is 36.4 Å². The zero-order valence-electron chi connectivity index (χ0n) is 10.4. The molecule has 0 spiro atoms. The first-order valence-corrected chi connectivity index (χ1v) is 6.31. The lowest BCUT2D eigenvalue weighted by atomic mass is 10.2. The van der Waals surface area contributed by atoms with Crippen molar-refractivity contribution in [2.75, 3.05) is 7.11 Å². The Morgan fingerprint density at radius 1 is 1.05 bits per heavy atom. The number of benzene rings is 2. The SMILES string of the molecule is COc1ccc(Oc2c(Cl)cc(C(=O)O)cc2Cl)cc1. The lowest BCUT2D eigenvalue weighted by Gasteiger charge is -2.10. The van der Waals surface area contributed by atoms with Crippen LogP contribution in [0.5, 0.6) is 17.2 Å². The van der Waals surface area contributed by atoms with Crippen molar-refractivity contribution in [2.24, 2.45) is 0 Å². The van der Waals surface area contributed by atoms with Crippen LogP contribution in [0.4, 0.5) is 0 Å². The normalized spacial score (nSPS) is 10.2. The molecule has 2 aromatic rings. The van der Waals surface area contributed by atoms with Crippen LogP contribution in [0.25, 0.3) is 0 Å². The molecule has 6 heteroatoms. The number of ether oxygens (including phenoxy) is 2. The molecule has 20 heavy (non-hydrogen) atoms. The lowest BCUT2D eigenvalue weighted by Crippen LogP contribution is -1.97. The van der Waals surface area contributed by atoms with E-state index in [1.54, 1.807) is 31.4 Å². The number of hydrogen-bond donors (Lipinski definition) is 1. The molecule has 2 rings (SSSR count). The summed E-state index contributed by atoms with van der Waals surface area (Å²) in [4.78, 5) is 10.9. The highest BCUT2D eigenvalue weighted by Gasteiger charge is 2.14. The van der Waals surface area contributed by atoms with Crippen molar-refractivity contribution in [2.45, 2.75) is 0 Å². The monoisotopic (exact) mass is 312 g/mol. The second-order valence-corrected chi connectivity index (χ2v) is 4.67. The highest BCUT2D eigenvalue weighted by atomic mass is 35.5.